The van der Waals surface area contributed by atoms with E-state index in [1.807, 2.05) is 0 Å². The number of hydrogen-bond acceptors (Lipinski definition) is 6. The zero-order chi connectivity index (χ0) is 17.7. The number of hydrogen-bond donors (Lipinski definition) is 1. The van der Waals surface area contributed by atoms with E-state index in [9.17, 15) is 14.4 Å². The van der Waals surface area contributed by atoms with E-state index < -0.39 is 17.6 Å². The zero-order valence-electron chi connectivity index (χ0n) is 13.0. The van der Waals surface area contributed by atoms with Crippen LogP contribution in [0.4, 0.5) is 15.3 Å². The molecule has 0 fully saturated rings. The van der Waals surface area contributed by atoms with Gasteiger partial charge < -0.3 is 13.9 Å². The van der Waals surface area contributed by atoms with Crippen molar-refractivity contribution in [3.8, 4) is 0 Å². The Hall–Kier alpha value is -2.74. The molecule has 1 aromatic heterocycles. The van der Waals surface area contributed by atoms with Crippen LogP contribution in [0.5, 0.6) is 0 Å². The van der Waals surface area contributed by atoms with Crippen LogP contribution in [0.15, 0.2) is 33.7 Å². The smallest absolute Gasteiger partial charge is 0.433 e. The molecule has 0 saturated heterocycles. The monoisotopic (exact) mass is 354 g/mol. The second kappa shape index (κ2) is 7.69. The number of carbonyl (C=O) groups excluding carboxylic acids is 2. The van der Waals surface area contributed by atoms with Crippen molar-refractivity contribution in [3.63, 3.8) is 0 Å². The van der Waals surface area contributed by atoms with E-state index in [0.717, 1.165) is 6.26 Å². The number of carbonyl (C=O) groups is 2. The number of ether oxygens (including phenoxy) is 2. The lowest BCUT2D eigenvalue weighted by Crippen LogP contribution is -2.48. The third-order valence-corrected chi connectivity index (χ3v) is 3.12. The first-order chi connectivity index (χ1) is 11.5. The highest BCUT2D eigenvalue weighted by Crippen LogP contribution is 2.20. The first-order valence-electron chi connectivity index (χ1n) is 7.09. The number of fused-ring (bicyclic) bond motifs is 1. The molecule has 0 bridgehead atoms. The van der Waals surface area contributed by atoms with Gasteiger partial charge in [-0.3, -0.25) is 4.79 Å². The molecule has 24 heavy (non-hydrogen) atoms. The largest absolute Gasteiger partial charge is 0.462 e. The molecule has 0 aliphatic rings. The highest BCUT2D eigenvalue weighted by Gasteiger charge is 2.24. The normalized spacial score (nSPS) is 10.3. The van der Waals surface area contributed by atoms with Crippen LogP contribution in [0.3, 0.4) is 0 Å². The van der Waals surface area contributed by atoms with Gasteiger partial charge in [-0.05, 0) is 32.0 Å². The quantitative estimate of drug-likeness (QED) is 0.850. The van der Waals surface area contributed by atoms with E-state index in [1.165, 1.54) is 12.1 Å². The van der Waals surface area contributed by atoms with Crippen LogP contribution in [0, 0.1) is 0 Å². The Kier molecular flexibility index (Phi) is 5.64. The van der Waals surface area contributed by atoms with Gasteiger partial charge in [0.1, 0.15) is 11.8 Å². The highest BCUT2D eigenvalue weighted by atomic mass is 35.5. The fourth-order valence-electron chi connectivity index (χ4n) is 1.89. The van der Waals surface area contributed by atoms with E-state index in [-0.39, 0.29) is 29.9 Å². The third kappa shape index (κ3) is 3.77. The standard InChI is InChI=1S/C15H15ClN2O6/c1-3-22-14(20)17-18(15(21)23-4-2)11-8-24-12-6-5-9(16)7-10(12)13(11)19/h5-8H,3-4H2,1-2H3,(H,17,20). The number of nitrogens with zero attached hydrogens (tertiary/aromatic N) is 1. The molecule has 0 aliphatic heterocycles. The van der Waals surface area contributed by atoms with Crippen molar-refractivity contribution in [2.45, 2.75) is 13.8 Å². The van der Waals surface area contributed by atoms with E-state index in [0.29, 0.717) is 10.0 Å². The van der Waals surface area contributed by atoms with Crippen LogP contribution in [0.2, 0.25) is 5.02 Å². The first-order valence-corrected chi connectivity index (χ1v) is 7.47. The lowest BCUT2D eigenvalue weighted by Gasteiger charge is -2.21. The van der Waals surface area contributed by atoms with Gasteiger partial charge in [0.15, 0.2) is 5.69 Å². The van der Waals surface area contributed by atoms with Gasteiger partial charge in [0.05, 0.1) is 18.6 Å². The van der Waals surface area contributed by atoms with Crippen LogP contribution in [0.1, 0.15) is 13.8 Å². The van der Waals surface area contributed by atoms with Gasteiger partial charge in [-0.15, -0.1) is 0 Å². The van der Waals surface area contributed by atoms with Gasteiger partial charge >= 0.3 is 12.2 Å². The summed E-state index contributed by atoms with van der Waals surface area (Å²) in [5, 5.41) is 1.11. The minimum Gasteiger partial charge on any atom is -0.462 e. The maximum atomic E-state index is 12.6. The average Bonchev–Trinajstić information content (AvgIpc) is 2.54. The molecule has 1 heterocycles. The van der Waals surface area contributed by atoms with Crippen molar-refractivity contribution < 1.29 is 23.5 Å². The summed E-state index contributed by atoms with van der Waals surface area (Å²) in [4.78, 5) is 36.3. The lowest BCUT2D eigenvalue weighted by atomic mass is 10.2. The predicted octanol–water partition coefficient (Wildman–Crippen LogP) is 3.07. The van der Waals surface area contributed by atoms with Gasteiger partial charge in [0.2, 0.25) is 5.43 Å². The summed E-state index contributed by atoms with van der Waals surface area (Å²) in [6.45, 7) is 3.32. The molecular formula is C15H15ClN2O6. The third-order valence-electron chi connectivity index (χ3n) is 2.89. The lowest BCUT2D eigenvalue weighted by molar-refractivity contribution is 0.138. The Morgan fingerprint density at radius 2 is 1.96 bits per heavy atom. The van der Waals surface area contributed by atoms with Crippen molar-refractivity contribution in [1.29, 1.82) is 0 Å². The second-order valence-corrected chi connectivity index (χ2v) is 4.89. The number of amides is 2. The van der Waals surface area contributed by atoms with Crippen LogP contribution in [-0.4, -0.2) is 25.4 Å². The maximum absolute atomic E-state index is 12.6. The number of rotatable bonds is 3. The van der Waals surface area contributed by atoms with Crippen LogP contribution < -0.4 is 15.9 Å². The topological polar surface area (TPSA) is 98.1 Å². The summed E-state index contributed by atoms with van der Waals surface area (Å²) in [6.07, 6.45) is -0.836. The van der Waals surface area contributed by atoms with Gasteiger partial charge in [0.25, 0.3) is 0 Å². The maximum Gasteiger partial charge on any atom is 0.433 e. The summed E-state index contributed by atoms with van der Waals surface area (Å²) in [6, 6.07) is 4.49. The summed E-state index contributed by atoms with van der Waals surface area (Å²) < 4.78 is 14.9. The summed E-state index contributed by atoms with van der Waals surface area (Å²) in [5.41, 5.74) is 1.62. The molecule has 0 atom stereocenters. The average molecular weight is 355 g/mol. The SMILES string of the molecule is CCOC(=O)NN(C(=O)OCC)c1coc2ccc(Cl)cc2c1=O. The molecule has 0 spiro atoms. The van der Waals surface area contributed by atoms with Gasteiger partial charge in [0, 0.05) is 5.02 Å². The number of hydrazine groups is 1. The Labute approximate surface area is 141 Å². The molecule has 2 rings (SSSR count). The van der Waals surface area contributed by atoms with E-state index in [4.69, 9.17) is 25.5 Å². The van der Waals surface area contributed by atoms with Crippen molar-refractivity contribution in [1.82, 2.24) is 5.43 Å². The number of benzene rings is 1. The molecule has 0 aliphatic carbocycles. The Balaban J connectivity index is 2.50. The van der Waals surface area contributed by atoms with Gasteiger partial charge in [-0.1, -0.05) is 11.6 Å². The molecule has 128 valence electrons. The summed E-state index contributed by atoms with van der Waals surface area (Å²) >= 11 is 5.88. The summed E-state index contributed by atoms with van der Waals surface area (Å²) in [5.74, 6) is 0. The molecule has 1 aromatic carbocycles. The van der Waals surface area contributed by atoms with Crippen molar-refractivity contribution in [2.75, 3.05) is 18.2 Å². The summed E-state index contributed by atoms with van der Waals surface area (Å²) in [7, 11) is 0. The Morgan fingerprint density at radius 1 is 1.25 bits per heavy atom. The van der Waals surface area contributed by atoms with Gasteiger partial charge in [-0.2, -0.15) is 5.01 Å². The number of anilines is 1. The second-order valence-electron chi connectivity index (χ2n) is 4.46. The molecule has 0 radical (unpaired) electrons. The molecule has 9 heteroatoms. The van der Waals surface area contributed by atoms with E-state index in [1.54, 1.807) is 19.9 Å². The predicted molar refractivity (Wildman–Crippen MR) is 87.2 cm³/mol. The first kappa shape index (κ1) is 17.6. The molecule has 8 nitrogen and oxygen atoms in total. The number of halogens is 1. The molecule has 2 aromatic rings. The van der Waals surface area contributed by atoms with E-state index in [2.05, 4.69) is 5.43 Å². The highest BCUT2D eigenvalue weighted by molar-refractivity contribution is 6.31. The zero-order valence-corrected chi connectivity index (χ0v) is 13.8. The van der Waals surface area contributed by atoms with Crippen molar-refractivity contribution >= 4 is 40.4 Å². The van der Waals surface area contributed by atoms with Crippen molar-refractivity contribution in [2.24, 2.45) is 0 Å². The van der Waals surface area contributed by atoms with Crippen molar-refractivity contribution in [3.05, 3.63) is 39.7 Å². The molecular weight excluding hydrogens is 340 g/mol. The molecule has 0 saturated carbocycles. The van der Waals surface area contributed by atoms with E-state index >= 15 is 0 Å². The minimum absolute atomic E-state index is 0.0462. The molecule has 0 unspecified atom stereocenters. The molecule has 2 amide bonds. The van der Waals surface area contributed by atoms with Crippen LogP contribution in [-0.2, 0) is 9.47 Å². The minimum atomic E-state index is -0.959. The number of nitrogens with one attached hydrogen (secondary N) is 1. The Bertz CT molecular complexity index is 819. The van der Waals surface area contributed by atoms with Gasteiger partial charge in [-0.25, -0.2) is 15.0 Å². The van der Waals surface area contributed by atoms with Crippen LogP contribution >= 0.6 is 11.6 Å². The fraction of sp³-hybridized carbons (Fsp3) is 0.267. The Morgan fingerprint density at radius 3 is 2.62 bits per heavy atom. The van der Waals surface area contributed by atoms with Crippen LogP contribution in [0.25, 0.3) is 11.0 Å². The molecule has 1 N–H and O–H groups in total. The fourth-order valence-corrected chi connectivity index (χ4v) is 2.07.